The second-order valence-electron chi connectivity index (χ2n) is 8.10. The van der Waals surface area contributed by atoms with Crippen molar-refractivity contribution >= 4 is 0 Å². The molecule has 0 aromatic carbocycles. The van der Waals surface area contributed by atoms with E-state index in [0.29, 0.717) is 0 Å². The van der Waals surface area contributed by atoms with E-state index in [9.17, 15) is 0 Å². The molecule has 4 nitrogen and oxygen atoms in total. The Kier molecular flexibility index (Phi) is 4.65. The molecule has 2 heterocycles. The minimum Gasteiger partial charge on any atom is -0.378 e. The van der Waals surface area contributed by atoms with Gasteiger partial charge in [0.05, 0.1) is 42.5 Å². The van der Waals surface area contributed by atoms with Gasteiger partial charge < -0.3 is 18.9 Å². The Morgan fingerprint density at radius 3 is 2.57 bits per heavy atom. The molecule has 132 valence electrons. The quantitative estimate of drug-likeness (QED) is 0.554. The van der Waals surface area contributed by atoms with Crippen LogP contribution in [0.15, 0.2) is 11.6 Å². The fourth-order valence-electron chi connectivity index (χ4n) is 4.44. The monoisotopic (exact) mass is 324 g/mol. The Morgan fingerprint density at radius 2 is 2.04 bits per heavy atom. The summed E-state index contributed by atoms with van der Waals surface area (Å²) in [5, 5.41) is 0. The minimum atomic E-state index is -0.165. The molecular formula is C19H32O4. The van der Waals surface area contributed by atoms with Crippen LogP contribution in [-0.2, 0) is 18.9 Å². The summed E-state index contributed by atoms with van der Waals surface area (Å²) in [6.07, 6.45) is 5.92. The van der Waals surface area contributed by atoms with Crippen LogP contribution in [0.5, 0.6) is 0 Å². The minimum absolute atomic E-state index is 0.0374. The first-order valence-corrected chi connectivity index (χ1v) is 8.96. The van der Waals surface area contributed by atoms with Crippen LogP contribution in [0.1, 0.15) is 53.9 Å². The van der Waals surface area contributed by atoms with Crippen molar-refractivity contribution in [3.63, 3.8) is 0 Å². The van der Waals surface area contributed by atoms with Crippen LogP contribution in [-0.4, -0.2) is 49.3 Å². The number of ether oxygens (including phenoxy) is 4. The van der Waals surface area contributed by atoms with Crippen molar-refractivity contribution in [1.82, 2.24) is 0 Å². The Balaban J connectivity index is 1.78. The largest absolute Gasteiger partial charge is 0.378 e. The highest BCUT2D eigenvalue weighted by Gasteiger charge is 2.71. The lowest BCUT2D eigenvalue weighted by Gasteiger charge is -2.43. The molecule has 0 radical (unpaired) electrons. The molecular weight excluding hydrogens is 292 g/mol. The SMILES string of the molecule is COC1C(OC(C)C)CCC2(CO2)C1[C@]1(C)O[C@@H]1CC=C(C)C. The van der Waals surface area contributed by atoms with Gasteiger partial charge in [-0.3, -0.25) is 0 Å². The van der Waals surface area contributed by atoms with Crippen LogP contribution in [0.2, 0.25) is 0 Å². The van der Waals surface area contributed by atoms with Gasteiger partial charge in [0.25, 0.3) is 0 Å². The third-order valence-electron chi connectivity index (χ3n) is 5.68. The van der Waals surface area contributed by atoms with E-state index in [2.05, 4.69) is 40.7 Å². The summed E-state index contributed by atoms with van der Waals surface area (Å²) in [7, 11) is 1.80. The Bertz CT molecular complexity index is 464. The predicted molar refractivity (Wildman–Crippen MR) is 89.5 cm³/mol. The number of rotatable bonds is 6. The number of epoxide rings is 2. The van der Waals surface area contributed by atoms with Gasteiger partial charge in [-0.1, -0.05) is 11.6 Å². The third-order valence-corrected chi connectivity index (χ3v) is 5.68. The highest BCUT2D eigenvalue weighted by Crippen LogP contribution is 2.59. The molecule has 0 bridgehead atoms. The second kappa shape index (κ2) is 6.14. The van der Waals surface area contributed by atoms with E-state index >= 15 is 0 Å². The summed E-state index contributed by atoms with van der Waals surface area (Å²) >= 11 is 0. The molecule has 2 aliphatic heterocycles. The summed E-state index contributed by atoms with van der Waals surface area (Å²) in [6.45, 7) is 11.5. The van der Waals surface area contributed by atoms with Crippen LogP contribution in [0, 0.1) is 5.92 Å². The fraction of sp³-hybridized carbons (Fsp3) is 0.895. The zero-order valence-electron chi connectivity index (χ0n) is 15.4. The molecule has 3 fully saturated rings. The predicted octanol–water partition coefficient (Wildman–Crippen LogP) is 3.49. The van der Waals surface area contributed by atoms with E-state index in [0.717, 1.165) is 25.9 Å². The third kappa shape index (κ3) is 3.23. The number of methoxy groups -OCH3 is 1. The van der Waals surface area contributed by atoms with E-state index in [1.807, 2.05) is 0 Å². The van der Waals surface area contributed by atoms with E-state index in [4.69, 9.17) is 18.9 Å². The smallest absolute Gasteiger partial charge is 0.101 e. The molecule has 1 spiro atoms. The molecule has 0 aromatic heterocycles. The first-order valence-electron chi connectivity index (χ1n) is 8.96. The van der Waals surface area contributed by atoms with Crippen LogP contribution < -0.4 is 0 Å². The fourth-order valence-corrected chi connectivity index (χ4v) is 4.44. The van der Waals surface area contributed by atoms with Gasteiger partial charge in [-0.05, 0) is 53.9 Å². The van der Waals surface area contributed by atoms with E-state index < -0.39 is 0 Å². The van der Waals surface area contributed by atoms with Gasteiger partial charge in [0.15, 0.2) is 0 Å². The van der Waals surface area contributed by atoms with E-state index in [1.165, 1.54) is 5.57 Å². The standard InChI is InChI=1S/C19H32O4/c1-12(2)7-8-15-18(5,23-15)17-16(20-6)14(22-13(3)4)9-10-19(17)11-21-19/h7,13-17H,8-11H2,1-6H3/t14?,15-,16?,17?,18-,19?/m1/s1. The molecule has 4 heteroatoms. The molecule has 0 amide bonds. The zero-order chi connectivity index (χ0) is 16.8. The first-order chi connectivity index (χ1) is 10.8. The maximum Gasteiger partial charge on any atom is 0.101 e. The summed E-state index contributed by atoms with van der Waals surface area (Å²) in [5.41, 5.74) is 1.13. The molecule has 3 aliphatic rings. The highest BCUT2D eigenvalue weighted by atomic mass is 16.6. The van der Waals surface area contributed by atoms with E-state index in [1.54, 1.807) is 7.11 Å². The topological polar surface area (TPSA) is 43.5 Å². The molecule has 3 rings (SSSR count). The average molecular weight is 324 g/mol. The Morgan fingerprint density at radius 1 is 1.35 bits per heavy atom. The van der Waals surface area contributed by atoms with Crippen molar-refractivity contribution in [1.29, 1.82) is 0 Å². The number of hydrogen-bond acceptors (Lipinski definition) is 4. The first kappa shape index (κ1) is 17.4. The molecule has 6 atom stereocenters. The summed E-state index contributed by atoms with van der Waals surface area (Å²) in [5.74, 6) is 0.244. The van der Waals surface area contributed by atoms with Crippen molar-refractivity contribution in [2.75, 3.05) is 13.7 Å². The van der Waals surface area contributed by atoms with Gasteiger partial charge in [0.1, 0.15) is 5.60 Å². The van der Waals surface area contributed by atoms with E-state index in [-0.39, 0.29) is 41.5 Å². The van der Waals surface area contributed by atoms with Gasteiger partial charge >= 0.3 is 0 Å². The Labute approximate surface area is 140 Å². The summed E-state index contributed by atoms with van der Waals surface area (Å²) < 4.78 is 24.2. The van der Waals surface area contributed by atoms with Gasteiger partial charge in [0, 0.05) is 7.11 Å². The zero-order valence-corrected chi connectivity index (χ0v) is 15.4. The van der Waals surface area contributed by atoms with Crippen LogP contribution >= 0.6 is 0 Å². The number of hydrogen-bond donors (Lipinski definition) is 0. The van der Waals surface area contributed by atoms with Crippen molar-refractivity contribution in [3.8, 4) is 0 Å². The average Bonchev–Trinajstić information content (AvgIpc) is 3.37. The lowest BCUT2D eigenvalue weighted by molar-refractivity contribution is -0.151. The van der Waals surface area contributed by atoms with Crippen molar-refractivity contribution < 1.29 is 18.9 Å². The van der Waals surface area contributed by atoms with Gasteiger partial charge in [-0.15, -0.1) is 0 Å². The lowest BCUT2D eigenvalue weighted by atomic mass is 9.68. The molecule has 2 saturated heterocycles. The summed E-state index contributed by atoms with van der Waals surface area (Å²) in [6, 6.07) is 0. The molecule has 0 aromatic rings. The molecule has 23 heavy (non-hydrogen) atoms. The maximum atomic E-state index is 6.20. The van der Waals surface area contributed by atoms with Gasteiger partial charge in [-0.25, -0.2) is 0 Å². The second-order valence-corrected chi connectivity index (χ2v) is 8.10. The molecule has 1 aliphatic carbocycles. The lowest BCUT2D eigenvalue weighted by Crippen LogP contribution is -2.55. The van der Waals surface area contributed by atoms with Crippen LogP contribution in [0.4, 0.5) is 0 Å². The molecule has 0 N–H and O–H groups in total. The molecule has 4 unspecified atom stereocenters. The Hall–Kier alpha value is -0.420. The van der Waals surface area contributed by atoms with Gasteiger partial charge in [0.2, 0.25) is 0 Å². The normalized spacial score (nSPS) is 45.3. The molecule has 1 saturated carbocycles. The highest BCUT2D eigenvalue weighted by molar-refractivity contribution is 5.20. The summed E-state index contributed by atoms with van der Waals surface area (Å²) in [4.78, 5) is 0. The number of allylic oxidation sites excluding steroid dienone is 1. The van der Waals surface area contributed by atoms with Crippen molar-refractivity contribution in [2.45, 2.75) is 89.5 Å². The van der Waals surface area contributed by atoms with Crippen molar-refractivity contribution in [2.24, 2.45) is 5.92 Å². The van der Waals surface area contributed by atoms with Crippen LogP contribution in [0.3, 0.4) is 0 Å². The maximum absolute atomic E-state index is 6.20. The van der Waals surface area contributed by atoms with Crippen LogP contribution in [0.25, 0.3) is 0 Å². The van der Waals surface area contributed by atoms with Gasteiger partial charge in [-0.2, -0.15) is 0 Å². The van der Waals surface area contributed by atoms with Crippen molar-refractivity contribution in [3.05, 3.63) is 11.6 Å².